The van der Waals surface area contributed by atoms with Crippen LogP contribution >= 0.6 is 11.3 Å². The fourth-order valence-corrected chi connectivity index (χ4v) is 2.26. The lowest BCUT2D eigenvalue weighted by atomic mass is 10.2. The van der Waals surface area contributed by atoms with Gasteiger partial charge in [0.25, 0.3) is 0 Å². The summed E-state index contributed by atoms with van der Waals surface area (Å²) in [4.78, 5) is 12.9. The Kier molecular flexibility index (Phi) is 4.36. The average Bonchev–Trinajstić information content (AvgIpc) is 2.90. The molecule has 98 valence electrons. The molecule has 1 amide bonds. The van der Waals surface area contributed by atoms with Crippen LogP contribution in [0.2, 0.25) is 0 Å². The van der Waals surface area contributed by atoms with E-state index in [0.717, 1.165) is 10.4 Å². The molecule has 0 saturated carbocycles. The Balaban J connectivity index is 2.08. The van der Waals surface area contributed by atoms with Gasteiger partial charge >= 0.3 is 0 Å². The zero-order valence-corrected chi connectivity index (χ0v) is 11.7. The van der Waals surface area contributed by atoms with Crippen molar-refractivity contribution in [2.45, 2.75) is 6.92 Å². The Morgan fingerprint density at radius 2 is 2.21 bits per heavy atom. The number of rotatable bonds is 4. The van der Waals surface area contributed by atoms with Crippen molar-refractivity contribution in [3.05, 3.63) is 52.2 Å². The Morgan fingerprint density at radius 3 is 2.89 bits per heavy atom. The molecule has 0 radical (unpaired) electrons. The third-order valence-corrected chi connectivity index (χ3v) is 3.39. The van der Waals surface area contributed by atoms with E-state index in [1.54, 1.807) is 24.5 Å². The molecule has 2 aromatic rings. The number of thiophene rings is 1. The van der Waals surface area contributed by atoms with E-state index in [-0.39, 0.29) is 5.91 Å². The normalized spacial score (nSPS) is 10.6. The number of hydrogen-bond acceptors (Lipinski definition) is 3. The molecule has 0 bridgehead atoms. The molecule has 0 aliphatic carbocycles. The van der Waals surface area contributed by atoms with Gasteiger partial charge in [0.1, 0.15) is 5.75 Å². The molecule has 19 heavy (non-hydrogen) atoms. The largest absolute Gasteiger partial charge is 0.495 e. The highest BCUT2D eigenvalue weighted by Crippen LogP contribution is 2.25. The minimum Gasteiger partial charge on any atom is -0.495 e. The van der Waals surface area contributed by atoms with Crippen LogP contribution in [0.4, 0.5) is 5.69 Å². The lowest BCUT2D eigenvalue weighted by Gasteiger charge is -2.09. The minimum atomic E-state index is -0.169. The molecule has 3 nitrogen and oxygen atoms in total. The van der Waals surface area contributed by atoms with Gasteiger partial charge < -0.3 is 10.1 Å². The molecular weight excluding hydrogens is 258 g/mol. The number of anilines is 1. The van der Waals surface area contributed by atoms with Crippen LogP contribution in [0.3, 0.4) is 0 Å². The molecular formula is C15H15NO2S. The Bertz CT molecular complexity index is 588. The number of aryl methyl sites for hydroxylation is 1. The molecule has 1 heterocycles. The number of methoxy groups -OCH3 is 1. The molecule has 0 aliphatic rings. The summed E-state index contributed by atoms with van der Waals surface area (Å²) in [6.45, 7) is 1.97. The second-order valence-corrected chi connectivity index (χ2v) is 5.02. The van der Waals surface area contributed by atoms with E-state index in [0.29, 0.717) is 11.4 Å². The fourth-order valence-electron chi connectivity index (χ4n) is 1.64. The summed E-state index contributed by atoms with van der Waals surface area (Å²) in [5.41, 5.74) is 1.75. The predicted octanol–water partition coefficient (Wildman–Crippen LogP) is 3.72. The Hall–Kier alpha value is -2.07. The molecule has 1 N–H and O–H groups in total. The zero-order chi connectivity index (χ0) is 13.7. The SMILES string of the molecule is COc1ccc(C)cc1NC(=O)/C=C/c1cccs1. The van der Waals surface area contributed by atoms with Crippen molar-refractivity contribution in [2.24, 2.45) is 0 Å². The van der Waals surface area contributed by atoms with Gasteiger partial charge in [0.05, 0.1) is 12.8 Å². The van der Waals surface area contributed by atoms with E-state index in [9.17, 15) is 4.79 Å². The highest BCUT2D eigenvalue weighted by Gasteiger charge is 2.05. The standard InChI is InChI=1S/C15H15NO2S/c1-11-5-7-14(18-2)13(10-11)16-15(17)8-6-12-4-3-9-19-12/h3-10H,1-2H3,(H,16,17)/b8-6+. The predicted molar refractivity (Wildman–Crippen MR) is 79.7 cm³/mol. The van der Waals surface area contributed by atoms with Gasteiger partial charge in [0, 0.05) is 11.0 Å². The van der Waals surface area contributed by atoms with Crippen molar-refractivity contribution in [3.63, 3.8) is 0 Å². The van der Waals surface area contributed by atoms with E-state index < -0.39 is 0 Å². The Morgan fingerprint density at radius 1 is 1.37 bits per heavy atom. The van der Waals surface area contributed by atoms with Gasteiger partial charge in [-0.1, -0.05) is 12.1 Å². The van der Waals surface area contributed by atoms with Crippen LogP contribution in [0, 0.1) is 6.92 Å². The van der Waals surface area contributed by atoms with E-state index in [1.165, 1.54) is 6.08 Å². The molecule has 0 atom stereocenters. The molecule has 0 fully saturated rings. The summed E-state index contributed by atoms with van der Waals surface area (Å²) in [5, 5.41) is 4.79. The summed E-state index contributed by atoms with van der Waals surface area (Å²) in [6.07, 6.45) is 3.32. The van der Waals surface area contributed by atoms with Crippen LogP contribution in [-0.4, -0.2) is 13.0 Å². The molecule has 2 rings (SSSR count). The van der Waals surface area contributed by atoms with Crippen LogP contribution in [0.5, 0.6) is 5.75 Å². The molecule has 1 aromatic heterocycles. The first-order valence-electron chi connectivity index (χ1n) is 5.86. The first kappa shape index (κ1) is 13.4. The Labute approximate surface area is 116 Å². The van der Waals surface area contributed by atoms with Gasteiger partial charge in [-0.2, -0.15) is 0 Å². The number of nitrogens with one attached hydrogen (secondary N) is 1. The average molecular weight is 273 g/mol. The van der Waals surface area contributed by atoms with Gasteiger partial charge in [0.2, 0.25) is 5.91 Å². The van der Waals surface area contributed by atoms with Crippen molar-refractivity contribution < 1.29 is 9.53 Å². The van der Waals surface area contributed by atoms with Crippen LogP contribution in [0.1, 0.15) is 10.4 Å². The highest BCUT2D eigenvalue weighted by atomic mass is 32.1. The summed E-state index contributed by atoms with van der Waals surface area (Å²) >= 11 is 1.59. The number of benzene rings is 1. The summed E-state index contributed by atoms with van der Waals surface area (Å²) in [6, 6.07) is 9.58. The second-order valence-electron chi connectivity index (χ2n) is 4.04. The zero-order valence-electron chi connectivity index (χ0n) is 10.8. The van der Waals surface area contributed by atoms with Crippen molar-refractivity contribution in [2.75, 3.05) is 12.4 Å². The topological polar surface area (TPSA) is 38.3 Å². The third kappa shape index (κ3) is 3.69. The van der Waals surface area contributed by atoms with Crippen LogP contribution < -0.4 is 10.1 Å². The van der Waals surface area contributed by atoms with Gasteiger partial charge in [0.15, 0.2) is 0 Å². The first-order valence-corrected chi connectivity index (χ1v) is 6.74. The first-order chi connectivity index (χ1) is 9.19. The maximum atomic E-state index is 11.8. The lowest BCUT2D eigenvalue weighted by molar-refractivity contribution is -0.111. The van der Waals surface area contributed by atoms with Crippen molar-refractivity contribution in [1.29, 1.82) is 0 Å². The van der Waals surface area contributed by atoms with E-state index in [4.69, 9.17) is 4.74 Å². The summed E-state index contributed by atoms with van der Waals surface area (Å²) < 4.78 is 5.21. The van der Waals surface area contributed by atoms with E-state index in [2.05, 4.69) is 5.32 Å². The number of hydrogen-bond donors (Lipinski definition) is 1. The fraction of sp³-hybridized carbons (Fsp3) is 0.133. The van der Waals surface area contributed by atoms with Crippen molar-refractivity contribution >= 4 is 29.0 Å². The van der Waals surface area contributed by atoms with E-state index >= 15 is 0 Å². The third-order valence-electron chi connectivity index (χ3n) is 2.56. The molecule has 0 spiro atoms. The van der Waals surface area contributed by atoms with Crippen molar-refractivity contribution in [1.82, 2.24) is 0 Å². The van der Waals surface area contributed by atoms with Crippen LogP contribution in [-0.2, 0) is 4.79 Å². The van der Waals surface area contributed by atoms with Crippen molar-refractivity contribution in [3.8, 4) is 5.75 Å². The molecule has 0 aliphatic heterocycles. The molecule has 0 unspecified atom stereocenters. The number of ether oxygens (including phenoxy) is 1. The van der Waals surface area contributed by atoms with Crippen LogP contribution in [0.15, 0.2) is 41.8 Å². The second kappa shape index (κ2) is 6.20. The highest BCUT2D eigenvalue weighted by molar-refractivity contribution is 7.10. The quantitative estimate of drug-likeness (QED) is 0.862. The molecule has 4 heteroatoms. The number of carbonyl (C=O) groups excluding carboxylic acids is 1. The maximum Gasteiger partial charge on any atom is 0.248 e. The van der Waals surface area contributed by atoms with Gasteiger partial charge in [-0.15, -0.1) is 11.3 Å². The molecule has 1 aromatic carbocycles. The monoisotopic (exact) mass is 273 g/mol. The van der Waals surface area contributed by atoms with Gasteiger partial charge in [-0.25, -0.2) is 0 Å². The van der Waals surface area contributed by atoms with Gasteiger partial charge in [-0.3, -0.25) is 4.79 Å². The van der Waals surface area contributed by atoms with Crippen LogP contribution in [0.25, 0.3) is 6.08 Å². The summed E-state index contributed by atoms with van der Waals surface area (Å²) in [7, 11) is 1.59. The number of carbonyl (C=O) groups is 1. The maximum absolute atomic E-state index is 11.8. The smallest absolute Gasteiger partial charge is 0.248 e. The van der Waals surface area contributed by atoms with Gasteiger partial charge in [-0.05, 0) is 42.1 Å². The summed E-state index contributed by atoms with van der Waals surface area (Å²) in [5.74, 6) is 0.487. The minimum absolute atomic E-state index is 0.169. The van der Waals surface area contributed by atoms with E-state index in [1.807, 2.05) is 42.6 Å². The lowest BCUT2D eigenvalue weighted by Crippen LogP contribution is -2.09. The molecule has 0 saturated heterocycles. The number of amides is 1.